The van der Waals surface area contributed by atoms with Crippen LogP contribution in [0.4, 0.5) is 4.79 Å². The lowest BCUT2D eigenvalue weighted by Gasteiger charge is -2.39. The zero-order valence-electron chi connectivity index (χ0n) is 24.1. The highest BCUT2D eigenvalue weighted by Gasteiger charge is 2.37. The Bertz CT molecular complexity index is 1290. The third-order valence-electron chi connectivity index (χ3n) is 7.26. The SMILES string of the molecule is CC(C)(C)OC(=O)NC1(CC(O)CO)CCCC(Oc2cc3ccnc(OCc4ccccc4)c3cc2Cl)CCC1. The number of nitrogens with one attached hydrogen (secondary N) is 1. The maximum atomic E-state index is 12.7. The van der Waals surface area contributed by atoms with Crippen LogP contribution in [0.2, 0.25) is 5.02 Å². The van der Waals surface area contributed by atoms with E-state index in [4.69, 9.17) is 25.8 Å². The number of hydrogen-bond acceptors (Lipinski definition) is 7. The van der Waals surface area contributed by atoms with Gasteiger partial charge in [-0.1, -0.05) is 41.9 Å². The van der Waals surface area contributed by atoms with Gasteiger partial charge in [0.2, 0.25) is 5.88 Å². The van der Waals surface area contributed by atoms with E-state index < -0.39 is 23.3 Å². The molecule has 4 rings (SSSR count). The summed E-state index contributed by atoms with van der Waals surface area (Å²) in [5, 5.41) is 25.0. The summed E-state index contributed by atoms with van der Waals surface area (Å²) in [7, 11) is 0. The van der Waals surface area contributed by atoms with Crippen LogP contribution in [0.3, 0.4) is 0 Å². The van der Waals surface area contributed by atoms with Gasteiger partial charge in [-0.05, 0) is 94.9 Å². The van der Waals surface area contributed by atoms with Gasteiger partial charge in [0.25, 0.3) is 0 Å². The van der Waals surface area contributed by atoms with E-state index in [1.165, 1.54) is 0 Å². The lowest BCUT2D eigenvalue weighted by Crippen LogP contribution is -2.52. The number of ether oxygens (including phenoxy) is 3. The maximum Gasteiger partial charge on any atom is 0.408 e. The number of benzene rings is 2. The predicted molar refractivity (Wildman–Crippen MR) is 159 cm³/mol. The lowest BCUT2D eigenvalue weighted by molar-refractivity contribution is 0.0247. The van der Waals surface area contributed by atoms with E-state index in [0.717, 1.165) is 42.0 Å². The molecule has 1 aliphatic rings. The number of nitrogens with zero attached hydrogens (tertiary/aromatic N) is 1. The van der Waals surface area contributed by atoms with Gasteiger partial charge in [0.05, 0.1) is 23.8 Å². The Morgan fingerprint density at radius 1 is 1.15 bits per heavy atom. The summed E-state index contributed by atoms with van der Waals surface area (Å²) in [6, 6.07) is 15.6. The standard InChI is InChI=1S/C32H41ClN2O6/c1-31(2,3)41-30(38)35-32(19-24(37)20-36)14-7-11-25(12-8-15-32)40-28-17-23-13-16-34-29(26(23)18-27(28)33)39-21-22-9-5-4-6-10-22/h4-6,9-10,13,16-18,24-25,36-37H,7-8,11-12,14-15,19-21H2,1-3H3,(H,35,38). The number of carbonyl (C=O) groups excluding carboxylic acids is 1. The Balaban J connectivity index is 1.42. The quantitative estimate of drug-likeness (QED) is 0.261. The summed E-state index contributed by atoms with van der Waals surface area (Å²) >= 11 is 6.69. The number of amides is 1. The van der Waals surface area contributed by atoms with E-state index in [-0.39, 0.29) is 19.1 Å². The van der Waals surface area contributed by atoms with Gasteiger partial charge >= 0.3 is 6.09 Å². The van der Waals surface area contributed by atoms with E-state index in [2.05, 4.69) is 10.3 Å². The molecule has 1 aliphatic carbocycles. The highest BCUT2D eigenvalue weighted by molar-refractivity contribution is 6.33. The summed E-state index contributed by atoms with van der Waals surface area (Å²) in [6.07, 6.45) is 4.75. The second kappa shape index (κ2) is 13.7. The average molecular weight is 585 g/mol. The lowest BCUT2D eigenvalue weighted by atomic mass is 9.79. The summed E-state index contributed by atoms with van der Waals surface area (Å²) in [6.45, 7) is 5.49. The summed E-state index contributed by atoms with van der Waals surface area (Å²) < 4.78 is 17.9. The molecule has 2 aromatic carbocycles. The van der Waals surface area contributed by atoms with Crippen molar-refractivity contribution in [2.24, 2.45) is 0 Å². The van der Waals surface area contributed by atoms with Crippen molar-refractivity contribution in [3.8, 4) is 11.6 Å². The van der Waals surface area contributed by atoms with Crippen molar-refractivity contribution in [1.82, 2.24) is 10.3 Å². The smallest absolute Gasteiger partial charge is 0.408 e. The molecule has 1 aromatic heterocycles. The van der Waals surface area contributed by atoms with Crippen LogP contribution in [0.25, 0.3) is 10.8 Å². The topological polar surface area (TPSA) is 110 Å². The first-order valence-electron chi connectivity index (χ1n) is 14.3. The average Bonchev–Trinajstić information content (AvgIpc) is 2.90. The van der Waals surface area contributed by atoms with Crippen LogP contribution < -0.4 is 14.8 Å². The summed E-state index contributed by atoms with van der Waals surface area (Å²) in [5.41, 5.74) is -0.247. The fourth-order valence-electron chi connectivity index (χ4n) is 5.40. The molecule has 3 aromatic rings. The second-order valence-electron chi connectivity index (χ2n) is 11.9. The fourth-order valence-corrected chi connectivity index (χ4v) is 5.61. The van der Waals surface area contributed by atoms with Crippen molar-refractivity contribution in [3.63, 3.8) is 0 Å². The second-order valence-corrected chi connectivity index (χ2v) is 12.3. The number of alkyl carbamates (subject to hydrolysis) is 1. The van der Waals surface area contributed by atoms with Crippen LogP contribution in [0.15, 0.2) is 54.7 Å². The van der Waals surface area contributed by atoms with Gasteiger partial charge in [-0.25, -0.2) is 9.78 Å². The molecule has 3 N–H and O–H groups in total. The molecule has 9 heteroatoms. The number of halogens is 1. The molecular weight excluding hydrogens is 544 g/mol. The van der Waals surface area contributed by atoms with Crippen LogP contribution in [-0.4, -0.2) is 51.2 Å². The van der Waals surface area contributed by atoms with E-state index in [9.17, 15) is 15.0 Å². The molecule has 0 bridgehead atoms. The van der Waals surface area contributed by atoms with Gasteiger partial charge < -0.3 is 29.7 Å². The van der Waals surface area contributed by atoms with Crippen LogP contribution in [0.5, 0.6) is 11.6 Å². The van der Waals surface area contributed by atoms with E-state index >= 15 is 0 Å². The van der Waals surface area contributed by atoms with Gasteiger partial charge in [-0.2, -0.15) is 0 Å². The van der Waals surface area contributed by atoms with Crippen LogP contribution >= 0.6 is 11.6 Å². The Labute approximate surface area is 247 Å². The molecule has 41 heavy (non-hydrogen) atoms. The molecule has 1 saturated carbocycles. The van der Waals surface area contributed by atoms with Gasteiger partial charge in [0, 0.05) is 17.1 Å². The zero-order chi connectivity index (χ0) is 29.5. The number of carbonyl (C=O) groups is 1. The summed E-state index contributed by atoms with van der Waals surface area (Å²) in [5.74, 6) is 1.13. The number of fused-ring (bicyclic) bond motifs is 1. The fraction of sp³-hybridized carbons (Fsp3) is 0.500. The van der Waals surface area contributed by atoms with E-state index in [0.29, 0.717) is 36.1 Å². The number of hydrogen-bond donors (Lipinski definition) is 3. The van der Waals surface area contributed by atoms with Gasteiger partial charge in [0.15, 0.2) is 0 Å². The summed E-state index contributed by atoms with van der Waals surface area (Å²) in [4.78, 5) is 17.1. The Morgan fingerprint density at radius 2 is 1.85 bits per heavy atom. The highest BCUT2D eigenvalue weighted by atomic mass is 35.5. The Hall–Kier alpha value is -3.07. The van der Waals surface area contributed by atoms with Crippen molar-refractivity contribution in [3.05, 3.63) is 65.3 Å². The van der Waals surface area contributed by atoms with Crippen molar-refractivity contribution < 1.29 is 29.2 Å². The maximum absolute atomic E-state index is 12.7. The molecule has 0 aliphatic heterocycles. The van der Waals surface area contributed by atoms with E-state index in [1.54, 1.807) is 6.20 Å². The number of aromatic nitrogens is 1. The molecule has 1 unspecified atom stereocenters. The molecule has 0 radical (unpaired) electrons. The molecule has 1 heterocycles. The largest absolute Gasteiger partial charge is 0.489 e. The number of aliphatic hydroxyl groups excluding tert-OH is 2. The highest BCUT2D eigenvalue weighted by Crippen LogP contribution is 2.37. The monoisotopic (exact) mass is 584 g/mol. The first-order valence-corrected chi connectivity index (χ1v) is 14.7. The molecule has 1 amide bonds. The van der Waals surface area contributed by atoms with E-state index in [1.807, 2.05) is 69.3 Å². The first-order chi connectivity index (χ1) is 19.6. The first kappa shape index (κ1) is 30.9. The molecule has 0 saturated heterocycles. The number of aliphatic hydroxyl groups is 2. The van der Waals surface area contributed by atoms with Gasteiger partial charge in [-0.3, -0.25) is 0 Å². The number of pyridine rings is 1. The van der Waals surface area contributed by atoms with Crippen LogP contribution in [0.1, 0.15) is 71.3 Å². The molecule has 0 spiro atoms. The van der Waals surface area contributed by atoms with Crippen LogP contribution in [-0.2, 0) is 11.3 Å². The van der Waals surface area contributed by atoms with Crippen molar-refractivity contribution in [2.75, 3.05) is 6.61 Å². The normalized spacial score (nSPS) is 20.5. The molecule has 222 valence electrons. The Morgan fingerprint density at radius 3 is 2.51 bits per heavy atom. The minimum atomic E-state index is -0.927. The van der Waals surface area contributed by atoms with Crippen molar-refractivity contribution >= 4 is 28.5 Å². The minimum absolute atomic E-state index is 0.0529. The third kappa shape index (κ3) is 8.96. The van der Waals surface area contributed by atoms with Crippen molar-refractivity contribution in [2.45, 2.75) is 95.7 Å². The molecule has 8 nitrogen and oxygen atoms in total. The zero-order valence-corrected chi connectivity index (χ0v) is 24.8. The molecular formula is C32H41ClN2O6. The Kier molecular flexibility index (Phi) is 10.3. The number of rotatable bonds is 9. The van der Waals surface area contributed by atoms with Crippen molar-refractivity contribution in [1.29, 1.82) is 0 Å². The minimum Gasteiger partial charge on any atom is -0.489 e. The predicted octanol–water partition coefficient (Wildman–Crippen LogP) is 6.58. The third-order valence-corrected chi connectivity index (χ3v) is 7.55. The molecule has 1 atom stereocenters. The van der Waals surface area contributed by atoms with Gasteiger partial charge in [0.1, 0.15) is 18.0 Å². The van der Waals surface area contributed by atoms with Gasteiger partial charge in [-0.15, -0.1) is 0 Å². The molecule has 1 fully saturated rings. The van der Waals surface area contributed by atoms with Crippen LogP contribution in [0, 0.1) is 0 Å².